The van der Waals surface area contributed by atoms with Gasteiger partial charge >= 0.3 is 0 Å². The first-order chi connectivity index (χ1) is 8.99. The van der Waals surface area contributed by atoms with Crippen LogP contribution in [-0.2, 0) is 16.6 Å². The summed E-state index contributed by atoms with van der Waals surface area (Å²) in [6.45, 7) is 2.24. The molecule has 0 aliphatic heterocycles. The molecular weight excluding hydrogens is 266 g/mol. The Morgan fingerprint density at radius 3 is 2.89 bits per heavy atom. The highest BCUT2D eigenvalue weighted by atomic mass is 32.2. The van der Waals surface area contributed by atoms with Crippen LogP contribution < -0.4 is 10.5 Å². The third kappa shape index (κ3) is 3.30. The second-order valence-corrected chi connectivity index (χ2v) is 5.81. The van der Waals surface area contributed by atoms with Crippen molar-refractivity contribution in [2.24, 2.45) is 0 Å². The number of hydrogen-bond acceptors (Lipinski definition) is 5. The van der Waals surface area contributed by atoms with Crippen molar-refractivity contribution in [1.82, 2.24) is 19.3 Å². The molecule has 2 heterocycles. The van der Waals surface area contributed by atoms with Crippen LogP contribution in [-0.4, -0.2) is 29.0 Å². The molecule has 0 saturated heterocycles. The van der Waals surface area contributed by atoms with Gasteiger partial charge in [-0.3, -0.25) is 0 Å². The van der Waals surface area contributed by atoms with Crippen molar-refractivity contribution in [3.8, 4) is 0 Å². The molecule has 8 heteroatoms. The van der Waals surface area contributed by atoms with Gasteiger partial charge in [0.05, 0.1) is 12.0 Å². The maximum Gasteiger partial charge on any atom is 0.260 e. The zero-order valence-corrected chi connectivity index (χ0v) is 11.2. The highest BCUT2D eigenvalue weighted by Gasteiger charge is 2.21. The first kappa shape index (κ1) is 13.5. The van der Waals surface area contributed by atoms with E-state index in [9.17, 15) is 8.42 Å². The summed E-state index contributed by atoms with van der Waals surface area (Å²) >= 11 is 0. The normalized spacial score (nSPS) is 13.3. The van der Waals surface area contributed by atoms with Crippen LogP contribution in [0.1, 0.15) is 6.92 Å². The van der Waals surface area contributed by atoms with Crippen molar-refractivity contribution in [2.45, 2.75) is 24.5 Å². The number of rotatable bonds is 5. The number of nitrogens with two attached hydrogens (primary N) is 1. The number of anilines is 1. The van der Waals surface area contributed by atoms with E-state index in [1.165, 1.54) is 12.3 Å². The first-order valence-corrected chi connectivity index (χ1v) is 7.16. The molecule has 0 fully saturated rings. The Morgan fingerprint density at radius 2 is 2.26 bits per heavy atom. The second kappa shape index (κ2) is 5.37. The lowest BCUT2D eigenvalue weighted by Crippen LogP contribution is -2.36. The van der Waals surface area contributed by atoms with Crippen molar-refractivity contribution in [2.75, 3.05) is 5.73 Å². The first-order valence-electron chi connectivity index (χ1n) is 5.67. The van der Waals surface area contributed by atoms with Gasteiger partial charge < -0.3 is 10.3 Å². The van der Waals surface area contributed by atoms with E-state index in [4.69, 9.17) is 5.73 Å². The fourth-order valence-corrected chi connectivity index (χ4v) is 2.99. The van der Waals surface area contributed by atoms with Gasteiger partial charge in [-0.2, -0.15) is 0 Å². The zero-order chi connectivity index (χ0) is 13.9. The minimum atomic E-state index is -3.71. The summed E-state index contributed by atoms with van der Waals surface area (Å²) in [6.07, 6.45) is 6.42. The molecule has 0 aliphatic rings. The smallest absolute Gasteiger partial charge is 0.260 e. The van der Waals surface area contributed by atoms with Crippen LogP contribution in [0.25, 0.3) is 0 Å². The Hall–Kier alpha value is -1.93. The monoisotopic (exact) mass is 281 g/mol. The Kier molecular flexibility index (Phi) is 3.82. The van der Waals surface area contributed by atoms with E-state index in [1.54, 1.807) is 36.3 Å². The largest absolute Gasteiger partial charge is 0.396 e. The van der Waals surface area contributed by atoms with Gasteiger partial charge in [-0.25, -0.2) is 23.1 Å². The van der Waals surface area contributed by atoms with Gasteiger partial charge in [-0.05, 0) is 19.1 Å². The molecule has 7 nitrogen and oxygen atoms in total. The third-order valence-electron chi connectivity index (χ3n) is 2.46. The van der Waals surface area contributed by atoms with Gasteiger partial charge in [-0.1, -0.05) is 0 Å². The van der Waals surface area contributed by atoms with Gasteiger partial charge in [0.15, 0.2) is 5.03 Å². The standard InChI is InChI=1S/C11H15N5O2S/c1-9(7-16-6-5-13-8-16)15-19(17,18)11-10(12)3-2-4-14-11/h2-6,8-9,15H,7,12H2,1H3. The molecule has 2 aromatic heterocycles. The maximum atomic E-state index is 12.1. The molecule has 2 rings (SSSR count). The molecule has 0 aromatic carbocycles. The van der Waals surface area contributed by atoms with E-state index < -0.39 is 10.0 Å². The Balaban J connectivity index is 2.11. The molecule has 3 N–H and O–H groups in total. The summed E-state index contributed by atoms with van der Waals surface area (Å²) in [4.78, 5) is 7.70. The Morgan fingerprint density at radius 1 is 1.47 bits per heavy atom. The van der Waals surface area contributed by atoms with Crippen molar-refractivity contribution in [1.29, 1.82) is 0 Å². The number of nitrogens with one attached hydrogen (secondary N) is 1. The predicted molar refractivity (Wildman–Crippen MR) is 70.7 cm³/mol. The second-order valence-electron chi connectivity index (χ2n) is 4.18. The average molecular weight is 281 g/mol. The lowest BCUT2D eigenvalue weighted by atomic mass is 10.4. The molecule has 0 aliphatic carbocycles. The fraction of sp³-hybridized carbons (Fsp3) is 0.273. The van der Waals surface area contributed by atoms with Gasteiger partial charge in [0, 0.05) is 31.2 Å². The van der Waals surface area contributed by atoms with E-state index >= 15 is 0 Å². The van der Waals surface area contributed by atoms with Crippen molar-refractivity contribution < 1.29 is 8.42 Å². The van der Waals surface area contributed by atoms with Crippen LogP contribution >= 0.6 is 0 Å². The SMILES string of the molecule is CC(Cn1ccnc1)NS(=O)(=O)c1ncccc1N. The van der Waals surface area contributed by atoms with E-state index in [0.29, 0.717) is 6.54 Å². The zero-order valence-electron chi connectivity index (χ0n) is 10.4. The molecule has 2 aromatic rings. The minimum Gasteiger partial charge on any atom is -0.396 e. The highest BCUT2D eigenvalue weighted by molar-refractivity contribution is 7.89. The van der Waals surface area contributed by atoms with Crippen molar-refractivity contribution >= 4 is 15.7 Å². The lowest BCUT2D eigenvalue weighted by Gasteiger charge is -2.14. The topological polar surface area (TPSA) is 103 Å². The predicted octanol–water partition coefficient (Wildman–Crippen LogP) is 0.227. The Bertz CT molecular complexity index is 639. The molecule has 1 atom stereocenters. The molecule has 19 heavy (non-hydrogen) atoms. The van der Waals surface area contributed by atoms with Crippen LogP contribution in [0.3, 0.4) is 0 Å². The third-order valence-corrected chi connectivity index (χ3v) is 4.02. The molecule has 0 radical (unpaired) electrons. The molecule has 102 valence electrons. The Labute approximate surface area is 111 Å². The fourth-order valence-electron chi connectivity index (χ4n) is 1.70. The van der Waals surface area contributed by atoms with Crippen LogP contribution in [0.2, 0.25) is 0 Å². The molecule has 0 spiro atoms. The molecule has 0 amide bonds. The van der Waals surface area contributed by atoms with E-state index in [1.807, 2.05) is 0 Å². The quantitative estimate of drug-likeness (QED) is 0.816. The molecular formula is C11H15N5O2S. The number of aromatic nitrogens is 3. The summed E-state index contributed by atoms with van der Waals surface area (Å²) in [7, 11) is -3.71. The maximum absolute atomic E-state index is 12.1. The molecule has 0 saturated carbocycles. The van der Waals surface area contributed by atoms with Gasteiger partial charge in [0.1, 0.15) is 0 Å². The lowest BCUT2D eigenvalue weighted by molar-refractivity contribution is 0.518. The van der Waals surface area contributed by atoms with Crippen LogP contribution in [0.5, 0.6) is 0 Å². The summed E-state index contributed by atoms with van der Waals surface area (Å²) in [6, 6.07) is 2.78. The number of nitrogens with zero attached hydrogens (tertiary/aromatic N) is 3. The molecule has 1 unspecified atom stereocenters. The van der Waals surface area contributed by atoms with Crippen LogP contribution in [0.15, 0.2) is 42.1 Å². The summed E-state index contributed by atoms with van der Waals surface area (Å²) in [5, 5.41) is -0.146. The van der Waals surface area contributed by atoms with E-state index in [0.717, 1.165) is 0 Å². The van der Waals surface area contributed by atoms with Crippen molar-refractivity contribution in [3.63, 3.8) is 0 Å². The van der Waals surface area contributed by atoms with E-state index in [-0.39, 0.29) is 16.8 Å². The van der Waals surface area contributed by atoms with Gasteiger partial charge in [0.25, 0.3) is 10.0 Å². The summed E-state index contributed by atoms with van der Waals surface area (Å²) < 4.78 is 28.5. The number of sulfonamides is 1. The van der Waals surface area contributed by atoms with E-state index in [2.05, 4.69) is 14.7 Å². The number of imidazole rings is 1. The summed E-state index contributed by atoms with van der Waals surface area (Å²) in [5.74, 6) is 0. The van der Waals surface area contributed by atoms with Gasteiger partial charge in [0.2, 0.25) is 0 Å². The van der Waals surface area contributed by atoms with Gasteiger partial charge in [-0.15, -0.1) is 0 Å². The van der Waals surface area contributed by atoms with Crippen LogP contribution in [0.4, 0.5) is 5.69 Å². The minimum absolute atomic E-state index is 0.129. The number of pyridine rings is 1. The average Bonchev–Trinajstić information content (AvgIpc) is 2.81. The van der Waals surface area contributed by atoms with Crippen LogP contribution in [0, 0.1) is 0 Å². The number of nitrogen functional groups attached to an aromatic ring is 1. The number of hydrogen-bond donors (Lipinski definition) is 2. The highest BCUT2D eigenvalue weighted by Crippen LogP contribution is 2.14. The van der Waals surface area contributed by atoms with Crippen molar-refractivity contribution in [3.05, 3.63) is 37.1 Å². The molecule has 0 bridgehead atoms. The summed E-state index contributed by atoms with van der Waals surface area (Å²) in [5.41, 5.74) is 5.75.